The molecule has 4 rings (SSSR count). The summed E-state index contributed by atoms with van der Waals surface area (Å²) in [6.45, 7) is 7.50. The Balaban J connectivity index is 1.44. The van der Waals surface area contributed by atoms with Gasteiger partial charge in [0.15, 0.2) is 11.6 Å². The van der Waals surface area contributed by atoms with Crippen molar-refractivity contribution in [3.05, 3.63) is 76.1 Å². The maximum Gasteiger partial charge on any atom is 0.336 e. The number of amidine groups is 1. The van der Waals surface area contributed by atoms with Gasteiger partial charge < -0.3 is 9.32 Å². The molecule has 1 fully saturated rings. The van der Waals surface area contributed by atoms with E-state index in [1.165, 1.54) is 18.6 Å². The number of Topliss-reactive ketones (excluding diaryl/α,β-unsaturated/α-hetero) is 1. The van der Waals surface area contributed by atoms with Gasteiger partial charge in [0, 0.05) is 57.2 Å². The fourth-order valence-corrected chi connectivity index (χ4v) is 3.84. The van der Waals surface area contributed by atoms with Crippen LogP contribution in [-0.4, -0.2) is 47.6 Å². The Morgan fingerprint density at radius 2 is 1.81 bits per heavy atom. The maximum absolute atomic E-state index is 12.3. The molecular weight excluding hydrogens is 392 g/mol. The summed E-state index contributed by atoms with van der Waals surface area (Å²) in [6, 6.07) is 17.3. The second kappa shape index (κ2) is 9.14. The molecule has 0 aliphatic carbocycles. The number of aryl methyl sites for hydroxylation is 1. The number of hydrogen-bond acceptors (Lipinski definition) is 6. The number of hydrogen-bond donors (Lipinski definition) is 1. The van der Waals surface area contributed by atoms with E-state index in [1.807, 2.05) is 30.0 Å². The minimum absolute atomic E-state index is 0.0906. The Bertz CT molecular complexity index is 1160. The quantitative estimate of drug-likeness (QED) is 0.297. The Morgan fingerprint density at radius 3 is 2.52 bits per heavy atom. The van der Waals surface area contributed by atoms with E-state index in [1.54, 1.807) is 6.07 Å². The molecule has 1 aliphatic rings. The first-order valence-corrected chi connectivity index (χ1v) is 10.4. The fraction of sp³-hybridized carbons (Fsp3) is 0.292. The fourth-order valence-electron chi connectivity index (χ4n) is 3.84. The zero-order valence-corrected chi connectivity index (χ0v) is 17.8. The molecule has 0 saturated carbocycles. The average molecular weight is 418 g/mol. The summed E-state index contributed by atoms with van der Waals surface area (Å²) >= 11 is 0. The predicted octanol–water partition coefficient (Wildman–Crippen LogP) is 3.23. The molecule has 1 saturated heterocycles. The molecule has 7 heteroatoms. The highest BCUT2D eigenvalue weighted by Crippen LogP contribution is 2.21. The lowest BCUT2D eigenvalue weighted by Crippen LogP contribution is -2.50. The van der Waals surface area contributed by atoms with E-state index in [0.717, 1.165) is 43.7 Å². The van der Waals surface area contributed by atoms with Crippen molar-refractivity contribution in [2.45, 2.75) is 20.4 Å². The van der Waals surface area contributed by atoms with Crippen molar-refractivity contribution in [3.8, 4) is 0 Å². The monoisotopic (exact) mass is 418 g/mol. The van der Waals surface area contributed by atoms with Crippen molar-refractivity contribution in [2.75, 3.05) is 31.6 Å². The zero-order chi connectivity index (χ0) is 21.8. The summed E-state index contributed by atoms with van der Waals surface area (Å²) in [6.07, 6.45) is 0. The molecule has 0 atom stereocenters. The molecule has 1 aromatic heterocycles. The molecule has 0 bridgehead atoms. The zero-order valence-electron chi connectivity index (χ0n) is 17.8. The topological polar surface area (TPSA) is 78.1 Å². The molecule has 0 amide bonds. The highest BCUT2D eigenvalue weighted by molar-refractivity contribution is 6.37. The predicted molar refractivity (Wildman–Crippen MR) is 122 cm³/mol. The summed E-state index contributed by atoms with van der Waals surface area (Å²) in [5.74, 6) is 0.317. The maximum atomic E-state index is 12.3. The lowest BCUT2D eigenvalue weighted by Gasteiger charge is -2.35. The molecule has 3 aromatic rings. The Labute approximate surface area is 181 Å². The van der Waals surface area contributed by atoms with E-state index in [0.29, 0.717) is 17.1 Å². The van der Waals surface area contributed by atoms with Crippen LogP contribution in [0.2, 0.25) is 0 Å². The van der Waals surface area contributed by atoms with Gasteiger partial charge in [-0.05, 0) is 30.2 Å². The summed E-state index contributed by atoms with van der Waals surface area (Å²) in [5, 5.41) is 5.25. The van der Waals surface area contributed by atoms with Gasteiger partial charge in [0.25, 0.3) is 0 Å². The van der Waals surface area contributed by atoms with Gasteiger partial charge in [-0.2, -0.15) is 5.10 Å². The Hall–Kier alpha value is -3.45. The third-order valence-corrected chi connectivity index (χ3v) is 5.48. The summed E-state index contributed by atoms with van der Waals surface area (Å²) in [4.78, 5) is 28.3. The van der Waals surface area contributed by atoms with E-state index in [-0.39, 0.29) is 11.4 Å². The second-order valence-corrected chi connectivity index (χ2v) is 7.81. The van der Waals surface area contributed by atoms with Crippen LogP contribution in [0.4, 0.5) is 5.69 Å². The normalized spacial score (nSPS) is 15.3. The molecule has 0 radical (unpaired) electrons. The first-order chi connectivity index (χ1) is 15.0. The molecule has 2 aromatic carbocycles. The van der Waals surface area contributed by atoms with E-state index >= 15 is 0 Å². The third-order valence-electron chi connectivity index (χ3n) is 5.48. The van der Waals surface area contributed by atoms with Crippen molar-refractivity contribution in [1.29, 1.82) is 0 Å². The number of anilines is 1. The van der Waals surface area contributed by atoms with Crippen LogP contribution in [0, 0.1) is 6.92 Å². The molecule has 1 aliphatic heterocycles. The highest BCUT2D eigenvalue weighted by Gasteiger charge is 2.22. The Morgan fingerprint density at radius 1 is 1.06 bits per heavy atom. The molecule has 31 heavy (non-hydrogen) atoms. The lowest BCUT2D eigenvalue weighted by molar-refractivity contribution is -0.111. The lowest BCUT2D eigenvalue weighted by atomic mass is 10.1. The van der Waals surface area contributed by atoms with Gasteiger partial charge in [-0.1, -0.05) is 30.3 Å². The number of hydrazone groups is 1. The van der Waals surface area contributed by atoms with Crippen molar-refractivity contribution >= 4 is 28.3 Å². The number of piperazine rings is 1. The van der Waals surface area contributed by atoms with Crippen LogP contribution in [0.5, 0.6) is 0 Å². The minimum Gasteiger partial charge on any atom is -0.423 e. The van der Waals surface area contributed by atoms with Gasteiger partial charge in [0.05, 0.1) is 5.69 Å². The number of ketones is 1. The van der Waals surface area contributed by atoms with Gasteiger partial charge in [0.2, 0.25) is 0 Å². The number of carbonyl (C=O) groups is 1. The number of nitrogens with zero attached hydrogens (tertiary/aromatic N) is 3. The molecule has 1 N–H and O–H groups in total. The van der Waals surface area contributed by atoms with E-state index in [2.05, 4.69) is 39.7 Å². The molecule has 0 spiro atoms. The van der Waals surface area contributed by atoms with Crippen LogP contribution >= 0.6 is 0 Å². The first-order valence-electron chi connectivity index (χ1n) is 10.4. The van der Waals surface area contributed by atoms with Crippen molar-refractivity contribution in [2.24, 2.45) is 5.10 Å². The standard InChI is InChI=1S/C24H26N4O3/c1-17-14-23(30)31-22-15-20(8-9-21(17)22)25-26-24(18(2)29)28-12-10-27(11-13-28)16-19-6-4-3-5-7-19/h3-9,14-15,25H,10-13,16H2,1-2H3/b26-24+. The van der Waals surface area contributed by atoms with Crippen molar-refractivity contribution < 1.29 is 9.21 Å². The average Bonchev–Trinajstić information content (AvgIpc) is 2.75. The molecule has 2 heterocycles. The van der Waals surface area contributed by atoms with Crippen LogP contribution in [0.15, 0.2) is 68.9 Å². The molecule has 7 nitrogen and oxygen atoms in total. The number of rotatable bonds is 5. The van der Waals surface area contributed by atoms with Gasteiger partial charge in [-0.3, -0.25) is 15.1 Å². The van der Waals surface area contributed by atoms with Gasteiger partial charge >= 0.3 is 5.63 Å². The molecule has 160 valence electrons. The van der Waals surface area contributed by atoms with E-state index < -0.39 is 0 Å². The number of carbonyl (C=O) groups excluding carboxylic acids is 1. The largest absolute Gasteiger partial charge is 0.423 e. The molecule has 0 unspecified atom stereocenters. The van der Waals surface area contributed by atoms with Crippen LogP contribution in [0.1, 0.15) is 18.1 Å². The number of benzene rings is 2. The van der Waals surface area contributed by atoms with Gasteiger partial charge in [0.1, 0.15) is 5.58 Å². The van der Waals surface area contributed by atoms with Crippen LogP contribution in [0.3, 0.4) is 0 Å². The van der Waals surface area contributed by atoms with Gasteiger partial charge in [-0.15, -0.1) is 0 Å². The number of fused-ring (bicyclic) bond motifs is 1. The second-order valence-electron chi connectivity index (χ2n) is 7.81. The molecular formula is C24H26N4O3. The smallest absolute Gasteiger partial charge is 0.336 e. The summed E-state index contributed by atoms with van der Waals surface area (Å²) < 4.78 is 5.29. The van der Waals surface area contributed by atoms with Crippen molar-refractivity contribution in [3.63, 3.8) is 0 Å². The Kier molecular flexibility index (Phi) is 6.13. The minimum atomic E-state index is -0.386. The van der Waals surface area contributed by atoms with Crippen LogP contribution in [-0.2, 0) is 11.3 Å². The van der Waals surface area contributed by atoms with Gasteiger partial charge in [-0.25, -0.2) is 4.79 Å². The summed E-state index contributed by atoms with van der Waals surface area (Å²) in [7, 11) is 0. The number of nitrogens with one attached hydrogen (secondary N) is 1. The van der Waals surface area contributed by atoms with Crippen LogP contribution < -0.4 is 11.1 Å². The SMILES string of the molecule is CC(=O)/C(=N\Nc1ccc2c(C)cc(=O)oc2c1)N1CCN(Cc2ccccc2)CC1. The van der Waals surface area contributed by atoms with E-state index in [9.17, 15) is 9.59 Å². The summed E-state index contributed by atoms with van der Waals surface area (Å²) in [5.41, 5.74) is 5.86. The van der Waals surface area contributed by atoms with E-state index in [4.69, 9.17) is 4.42 Å². The third kappa shape index (κ3) is 5.00. The first kappa shape index (κ1) is 20.8. The van der Waals surface area contributed by atoms with Crippen LogP contribution in [0.25, 0.3) is 11.0 Å². The van der Waals surface area contributed by atoms with Crippen molar-refractivity contribution in [1.82, 2.24) is 9.80 Å². The highest BCUT2D eigenvalue weighted by atomic mass is 16.4.